The van der Waals surface area contributed by atoms with Crippen LogP contribution in [-0.4, -0.2) is 59.3 Å². The number of likely N-dealkylation sites (tertiary alicyclic amines) is 1. The Morgan fingerprint density at radius 3 is 2.63 bits per heavy atom. The summed E-state index contributed by atoms with van der Waals surface area (Å²) in [5, 5.41) is 2.84. The molecule has 0 saturated carbocycles. The fraction of sp³-hybridized carbons (Fsp3) is 0.714. The average molecular weight is 487 g/mol. The number of nitrogens with one attached hydrogen (secondary N) is 1. The number of hydrogen-bond acceptors (Lipinski definition) is 5. The Balaban J connectivity index is 1.51. The lowest BCUT2D eigenvalue weighted by Gasteiger charge is -2.53. The lowest BCUT2D eigenvalue weighted by Crippen LogP contribution is -2.60. The molecule has 35 heavy (non-hydrogen) atoms. The topological polar surface area (TPSA) is 77.1 Å². The van der Waals surface area contributed by atoms with Crippen molar-refractivity contribution in [1.82, 2.24) is 10.2 Å². The minimum Gasteiger partial charge on any atom is -0.487 e. The first-order valence-corrected chi connectivity index (χ1v) is 12.9. The number of ether oxygens (including phenoxy) is 3. The summed E-state index contributed by atoms with van der Waals surface area (Å²) in [6.45, 7) is 16.7. The first-order valence-electron chi connectivity index (χ1n) is 12.9. The van der Waals surface area contributed by atoms with Crippen LogP contribution in [0, 0.1) is 18.8 Å². The molecule has 0 spiro atoms. The van der Waals surface area contributed by atoms with Gasteiger partial charge in [-0.05, 0) is 72.9 Å². The van der Waals surface area contributed by atoms with Crippen LogP contribution in [0.25, 0.3) is 0 Å². The third-order valence-corrected chi connectivity index (χ3v) is 7.59. The number of benzene rings is 1. The van der Waals surface area contributed by atoms with Crippen LogP contribution in [0.2, 0.25) is 0 Å². The van der Waals surface area contributed by atoms with E-state index in [0.717, 1.165) is 24.2 Å². The van der Waals surface area contributed by atoms with E-state index < -0.39 is 17.7 Å². The molecule has 194 valence electrons. The van der Waals surface area contributed by atoms with E-state index in [1.807, 2.05) is 32.6 Å². The molecule has 0 radical (unpaired) electrons. The van der Waals surface area contributed by atoms with Gasteiger partial charge in [-0.2, -0.15) is 0 Å². The van der Waals surface area contributed by atoms with Gasteiger partial charge in [-0.25, -0.2) is 0 Å². The lowest BCUT2D eigenvalue weighted by molar-refractivity contribution is -0.190. The molecule has 3 heterocycles. The highest BCUT2D eigenvalue weighted by atomic mass is 16.5. The zero-order valence-corrected chi connectivity index (χ0v) is 22.5. The molecule has 1 N–H and O–H groups in total. The number of aryl methyl sites for hydroxylation is 1. The van der Waals surface area contributed by atoms with Crippen LogP contribution in [0.15, 0.2) is 18.2 Å². The number of amides is 2. The predicted octanol–water partition coefficient (Wildman–Crippen LogP) is 4.17. The molecule has 2 amide bonds. The van der Waals surface area contributed by atoms with Gasteiger partial charge in [0.05, 0.1) is 23.9 Å². The van der Waals surface area contributed by atoms with Gasteiger partial charge in [0.25, 0.3) is 0 Å². The Bertz CT molecular complexity index is 969. The highest BCUT2D eigenvalue weighted by Crippen LogP contribution is 2.53. The fourth-order valence-corrected chi connectivity index (χ4v) is 6.03. The van der Waals surface area contributed by atoms with Crippen LogP contribution in [-0.2, 0) is 19.1 Å². The van der Waals surface area contributed by atoms with Crippen molar-refractivity contribution in [3.05, 3.63) is 29.3 Å². The normalized spacial score (nSPS) is 29.1. The maximum Gasteiger partial charge on any atom is 0.247 e. The molecule has 1 aromatic rings. The van der Waals surface area contributed by atoms with Gasteiger partial charge >= 0.3 is 0 Å². The van der Waals surface area contributed by atoms with Crippen molar-refractivity contribution in [2.24, 2.45) is 11.8 Å². The molecule has 0 aromatic heterocycles. The number of carbonyl (C=O) groups is 2. The number of rotatable bonds is 4. The smallest absolute Gasteiger partial charge is 0.247 e. The minimum absolute atomic E-state index is 0.00480. The van der Waals surface area contributed by atoms with E-state index in [1.165, 1.54) is 12.5 Å². The van der Waals surface area contributed by atoms with E-state index in [1.54, 1.807) is 0 Å². The molecule has 1 aromatic carbocycles. The minimum atomic E-state index is -0.717. The van der Waals surface area contributed by atoms with Crippen LogP contribution in [0.3, 0.4) is 0 Å². The Morgan fingerprint density at radius 2 is 1.97 bits per heavy atom. The molecule has 7 nitrogen and oxygen atoms in total. The predicted molar refractivity (Wildman–Crippen MR) is 134 cm³/mol. The summed E-state index contributed by atoms with van der Waals surface area (Å²) >= 11 is 0. The standard InChI is InChI=1S/C28H42N2O5/c1-16-9-10-20-23(13-16)35-28(7,8)21-14-19-15-30(12-11-22(19)33-25(20)21)26(32)24(29-18(3)31)17(2)34-27(4,5)6/h9-10,13,17,19,21-22,24-25H,11-12,14-15H2,1-8H3,(H,29,31)/t17-,19-,21+,22+,24+,25-/m1/s1. The fourth-order valence-electron chi connectivity index (χ4n) is 6.03. The lowest BCUT2D eigenvalue weighted by atomic mass is 9.70. The Labute approximate surface area is 209 Å². The van der Waals surface area contributed by atoms with Crippen molar-refractivity contribution >= 4 is 11.8 Å². The van der Waals surface area contributed by atoms with E-state index >= 15 is 0 Å². The van der Waals surface area contributed by atoms with E-state index in [0.29, 0.717) is 13.1 Å². The average Bonchev–Trinajstić information content (AvgIpc) is 2.73. The number of nitrogens with zero attached hydrogens (tertiary/aromatic N) is 1. The molecular formula is C28H42N2O5. The molecule has 3 aliphatic rings. The number of hydrogen-bond donors (Lipinski definition) is 1. The van der Waals surface area contributed by atoms with Gasteiger partial charge in [-0.15, -0.1) is 0 Å². The second kappa shape index (κ2) is 9.40. The molecule has 0 bridgehead atoms. The van der Waals surface area contributed by atoms with E-state index in [9.17, 15) is 9.59 Å². The van der Waals surface area contributed by atoms with Crippen molar-refractivity contribution in [2.45, 2.75) is 104 Å². The molecule has 2 fully saturated rings. The maximum atomic E-state index is 13.6. The summed E-state index contributed by atoms with van der Waals surface area (Å²) in [4.78, 5) is 27.4. The van der Waals surface area contributed by atoms with E-state index in [-0.39, 0.29) is 41.5 Å². The summed E-state index contributed by atoms with van der Waals surface area (Å²) in [6, 6.07) is 5.65. The molecule has 0 unspecified atom stereocenters. The Kier molecular flexibility index (Phi) is 6.97. The molecule has 0 aliphatic carbocycles. The van der Waals surface area contributed by atoms with Crippen LogP contribution < -0.4 is 10.1 Å². The van der Waals surface area contributed by atoms with Crippen LogP contribution in [0.1, 0.15) is 78.5 Å². The van der Waals surface area contributed by atoms with Crippen molar-refractivity contribution in [1.29, 1.82) is 0 Å². The zero-order chi connectivity index (χ0) is 25.7. The second-order valence-corrected chi connectivity index (χ2v) is 12.1. The second-order valence-electron chi connectivity index (χ2n) is 12.1. The van der Waals surface area contributed by atoms with Crippen molar-refractivity contribution < 1.29 is 23.8 Å². The Hall–Kier alpha value is -2.12. The van der Waals surface area contributed by atoms with Crippen LogP contribution in [0.4, 0.5) is 0 Å². The molecule has 6 atom stereocenters. The van der Waals surface area contributed by atoms with Gasteiger partial charge in [-0.3, -0.25) is 9.59 Å². The summed E-state index contributed by atoms with van der Waals surface area (Å²) in [6.07, 6.45) is 1.37. The number of fused-ring (bicyclic) bond motifs is 4. The molecule has 4 rings (SSSR count). The highest BCUT2D eigenvalue weighted by Gasteiger charge is 2.52. The largest absolute Gasteiger partial charge is 0.487 e. The molecule has 7 heteroatoms. The molecular weight excluding hydrogens is 444 g/mol. The van der Waals surface area contributed by atoms with E-state index in [4.69, 9.17) is 14.2 Å². The monoisotopic (exact) mass is 486 g/mol. The van der Waals surface area contributed by atoms with Gasteiger partial charge < -0.3 is 24.4 Å². The summed E-state index contributed by atoms with van der Waals surface area (Å²) in [5.41, 5.74) is 1.53. The van der Waals surface area contributed by atoms with Crippen molar-refractivity contribution in [3.63, 3.8) is 0 Å². The third kappa shape index (κ3) is 5.51. The Morgan fingerprint density at radius 1 is 1.26 bits per heavy atom. The summed E-state index contributed by atoms with van der Waals surface area (Å²) in [5.74, 6) is 1.02. The molecule has 2 saturated heterocycles. The summed E-state index contributed by atoms with van der Waals surface area (Å²) < 4.78 is 19.3. The first-order chi connectivity index (χ1) is 16.2. The highest BCUT2D eigenvalue weighted by molar-refractivity contribution is 5.87. The van der Waals surface area contributed by atoms with E-state index in [2.05, 4.69) is 44.3 Å². The summed E-state index contributed by atoms with van der Waals surface area (Å²) in [7, 11) is 0. The van der Waals surface area contributed by atoms with Gasteiger partial charge in [0.15, 0.2) is 0 Å². The molecule has 3 aliphatic heterocycles. The van der Waals surface area contributed by atoms with Gasteiger partial charge in [0, 0.05) is 37.4 Å². The van der Waals surface area contributed by atoms with Gasteiger partial charge in [0.1, 0.15) is 17.4 Å². The quantitative estimate of drug-likeness (QED) is 0.691. The van der Waals surface area contributed by atoms with Crippen LogP contribution in [0.5, 0.6) is 5.75 Å². The SMILES string of the molecule is CC(=O)N[C@H](C(=O)N1CC[C@@H]2O[C@@H]3c4ccc(C)cc4OC(C)(C)[C@H]3C[C@@H]2C1)[C@@H](C)OC(C)(C)C. The maximum absolute atomic E-state index is 13.6. The number of piperidine rings is 1. The van der Waals surface area contributed by atoms with Crippen molar-refractivity contribution in [2.75, 3.05) is 13.1 Å². The first kappa shape index (κ1) is 26.0. The zero-order valence-electron chi connectivity index (χ0n) is 22.5. The number of carbonyl (C=O) groups excluding carboxylic acids is 2. The van der Waals surface area contributed by atoms with Crippen molar-refractivity contribution in [3.8, 4) is 5.75 Å². The van der Waals surface area contributed by atoms with Crippen LogP contribution >= 0.6 is 0 Å². The van der Waals surface area contributed by atoms with Gasteiger partial charge in [-0.1, -0.05) is 12.1 Å². The third-order valence-electron chi connectivity index (χ3n) is 7.59. The van der Waals surface area contributed by atoms with Gasteiger partial charge in [0.2, 0.25) is 11.8 Å².